The van der Waals surface area contributed by atoms with Crippen molar-refractivity contribution in [2.75, 3.05) is 26.4 Å². The number of aliphatic hydroxyl groups excluding tert-OH is 2. The molecule has 9 amide bonds. The Labute approximate surface area is 486 Å². The average Bonchev–Trinajstić information content (AvgIpc) is 1.67. The minimum absolute atomic E-state index is 0.0244. The highest BCUT2D eigenvalue weighted by Crippen LogP contribution is 2.46. The largest absolute Gasteiger partial charge is 0.458 e. The summed E-state index contributed by atoms with van der Waals surface area (Å²) in [5.74, 6) is -7.77. The van der Waals surface area contributed by atoms with E-state index in [2.05, 4.69) is 31.9 Å². The molecule has 11 N–H and O–H groups in total. The minimum Gasteiger partial charge on any atom is -0.458 e. The van der Waals surface area contributed by atoms with E-state index < -0.39 is 144 Å². The zero-order valence-electron chi connectivity index (χ0n) is 47.7. The zero-order valence-corrected chi connectivity index (χ0v) is 47.7. The molecule has 0 saturated carbocycles. The standard InChI is InChI=1S/C57H71FN10O17/c1-6-57(82)32-18-37-49-30(22-68(37)55(80)31(32)23-84-56(57)81)47-34(12-11-29-27(4)33(58)19-36(65-49)46(29)47)63-43(72)24-83-25-61-52(77)28(5)62-54(79)48(26(2)3)66-53(78)35(64-42(71)10-8-7-9-17-67-44(73)15-16-45(67)74)13-14-41(70)60-21-39-51(76)50(75)38(85-39)20-40(59)69/h15-16,18-19,26,28,34-35,38-39,48,50-51,75-76,82H,6-14,17,20-25H2,1-5H3,(H2,59,69)(H,60,70)(H,61,77)(H,62,79)(H,63,72)(H,64,71)(H,66,78)/t28-,34-,35-,38-,39+,48-,50-,51+,57-/m0/s1. The van der Waals surface area contributed by atoms with Gasteiger partial charge >= 0.3 is 5.97 Å². The molecule has 1 aliphatic carbocycles. The molecule has 6 heterocycles. The maximum Gasteiger partial charge on any atom is 0.343 e. The number of primary amides is 1. The molecule has 1 fully saturated rings. The van der Waals surface area contributed by atoms with Gasteiger partial charge < -0.3 is 71.7 Å². The lowest BCUT2D eigenvalue weighted by Gasteiger charge is -2.31. The smallest absolute Gasteiger partial charge is 0.343 e. The highest BCUT2D eigenvalue weighted by atomic mass is 19.1. The number of rotatable bonds is 26. The first-order valence-electron chi connectivity index (χ1n) is 28.3. The van der Waals surface area contributed by atoms with Gasteiger partial charge in [-0.25, -0.2) is 14.2 Å². The fraction of sp³-hybridized carbons (Fsp3) is 0.544. The number of fused-ring (bicyclic) bond motifs is 5. The topological polar surface area (TPSA) is 395 Å². The Kier molecular flexibility index (Phi) is 19.6. The number of nitrogens with one attached hydrogen (secondary N) is 6. The second-order valence-corrected chi connectivity index (χ2v) is 22.3. The van der Waals surface area contributed by atoms with Gasteiger partial charge in [-0.1, -0.05) is 27.2 Å². The van der Waals surface area contributed by atoms with Gasteiger partial charge in [-0.05, 0) is 81.0 Å². The van der Waals surface area contributed by atoms with Crippen molar-refractivity contribution in [3.63, 3.8) is 0 Å². The van der Waals surface area contributed by atoms with Gasteiger partial charge in [0.05, 0.1) is 47.6 Å². The number of carbonyl (C=O) groups excluding carboxylic acids is 10. The van der Waals surface area contributed by atoms with Crippen molar-refractivity contribution in [2.45, 2.75) is 166 Å². The van der Waals surface area contributed by atoms with Gasteiger partial charge in [-0.2, -0.15) is 0 Å². The third-order valence-corrected chi connectivity index (χ3v) is 16.2. The zero-order chi connectivity index (χ0) is 61.8. The predicted octanol–water partition coefficient (Wildman–Crippen LogP) is -1.40. The number of amides is 9. The number of nitrogens with zero attached hydrogens (tertiary/aromatic N) is 3. The monoisotopic (exact) mass is 1190 g/mol. The molecule has 3 aromatic rings. The van der Waals surface area contributed by atoms with Gasteiger partial charge in [-0.3, -0.25) is 52.8 Å². The van der Waals surface area contributed by atoms with Crippen LogP contribution in [0, 0.1) is 18.7 Å². The molecule has 1 aromatic carbocycles. The first kappa shape index (κ1) is 63.0. The SMILES string of the molecule is CC[C@@]1(O)C(=O)OCc2c1cc1n(c2=O)Cc2c-1nc1cc(F)c(C)c3c1c2[C@@H](NC(=O)COCNC(=O)[C@H](C)NC(=O)[C@@H](NC(=O)[C@H](CCC(=O)NC[C@H]1O[C@@H](CC(N)=O)[C@H](O)[C@@H]1O)NC(=O)CCCCCN1C(=O)C=CC1=O)C(C)C)CC3. The van der Waals surface area contributed by atoms with Crippen molar-refractivity contribution in [3.05, 3.63) is 73.8 Å². The molecule has 0 bridgehead atoms. The summed E-state index contributed by atoms with van der Waals surface area (Å²) in [5.41, 5.74) is 6.11. The van der Waals surface area contributed by atoms with Crippen molar-refractivity contribution in [2.24, 2.45) is 11.7 Å². The summed E-state index contributed by atoms with van der Waals surface area (Å²) in [6.45, 7) is 6.38. The number of ether oxygens (including phenoxy) is 3. The number of aromatic nitrogens is 2. The van der Waals surface area contributed by atoms with Crippen LogP contribution in [0.3, 0.4) is 0 Å². The van der Waals surface area contributed by atoms with Crippen molar-refractivity contribution in [3.8, 4) is 11.4 Å². The number of halogens is 1. The summed E-state index contributed by atoms with van der Waals surface area (Å²) in [7, 11) is 0. The van der Waals surface area contributed by atoms with E-state index in [1.54, 1.807) is 33.8 Å². The number of pyridine rings is 2. The fourth-order valence-electron chi connectivity index (χ4n) is 11.4. The maximum atomic E-state index is 15.4. The van der Waals surface area contributed by atoms with Crippen molar-refractivity contribution >= 4 is 70.0 Å². The lowest BCUT2D eigenvalue weighted by molar-refractivity contribution is -0.172. The first-order valence-corrected chi connectivity index (χ1v) is 28.3. The molecule has 85 heavy (non-hydrogen) atoms. The summed E-state index contributed by atoms with van der Waals surface area (Å²) in [6.07, 6.45) is -2.06. The normalized spacial score (nSPS) is 22.0. The van der Waals surface area contributed by atoms with Crippen molar-refractivity contribution < 1.29 is 81.9 Å². The van der Waals surface area contributed by atoms with Gasteiger partial charge in [0.1, 0.15) is 62.2 Å². The highest BCUT2D eigenvalue weighted by molar-refractivity contribution is 6.12. The Hall–Kier alpha value is -8.05. The van der Waals surface area contributed by atoms with Crippen LogP contribution in [-0.2, 0) is 87.3 Å². The minimum atomic E-state index is -2.08. The molecule has 458 valence electrons. The number of hydrogen-bond donors (Lipinski definition) is 10. The number of cyclic esters (lactones) is 1. The quantitative estimate of drug-likeness (QED) is 0.0150. The molecule has 1 saturated heterocycles. The number of aliphatic hydroxyl groups is 3. The van der Waals surface area contributed by atoms with E-state index >= 15 is 4.39 Å². The van der Waals surface area contributed by atoms with E-state index in [0.29, 0.717) is 71.1 Å². The molecule has 0 spiro atoms. The van der Waals surface area contributed by atoms with Crippen LogP contribution in [0.1, 0.15) is 125 Å². The number of nitrogens with two attached hydrogens (primary N) is 1. The third kappa shape index (κ3) is 13.6. The lowest BCUT2D eigenvalue weighted by atomic mass is 9.81. The molecule has 5 aliphatic rings. The Morgan fingerprint density at radius 3 is 2.28 bits per heavy atom. The van der Waals surface area contributed by atoms with Gasteiger partial charge in [-0.15, -0.1) is 0 Å². The Morgan fingerprint density at radius 2 is 1.59 bits per heavy atom. The highest BCUT2D eigenvalue weighted by Gasteiger charge is 2.47. The van der Waals surface area contributed by atoms with E-state index in [-0.39, 0.29) is 75.0 Å². The summed E-state index contributed by atoms with van der Waals surface area (Å²) < 4.78 is 33.2. The molecule has 27 nitrogen and oxygen atoms in total. The number of aryl methyl sites for hydroxylation is 1. The van der Waals surface area contributed by atoms with E-state index in [9.17, 15) is 68.1 Å². The van der Waals surface area contributed by atoms with Gasteiger partial charge in [0.2, 0.25) is 41.4 Å². The van der Waals surface area contributed by atoms with Crippen LogP contribution >= 0.6 is 0 Å². The molecule has 0 unspecified atom stereocenters. The van der Waals surface area contributed by atoms with Gasteiger partial charge in [0.15, 0.2) is 5.60 Å². The van der Waals surface area contributed by atoms with Crippen molar-refractivity contribution in [1.29, 1.82) is 0 Å². The second kappa shape index (κ2) is 26.5. The van der Waals surface area contributed by atoms with E-state index in [4.69, 9.17) is 24.9 Å². The van der Waals surface area contributed by atoms with Crippen LogP contribution in [0.5, 0.6) is 0 Å². The van der Waals surface area contributed by atoms with Crippen LogP contribution < -0.4 is 43.2 Å². The molecule has 2 aromatic heterocycles. The third-order valence-electron chi connectivity index (χ3n) is 16.2. The number of imide groups is 1. The van der Waals surface area contributed by atoms with Crippen LogP contribution in [0.4, 0.5) is 4.39 Å². The fourth-order valence-corrected chi connectivity index (χ4v) is 11.4. The summed E-state index contributed by atoms with van der Waals surface area (Å²) in [5, 5.41) is 48.5. The van der Waals surface area contributed by atoms with Gasteiger partial charge in [0.25, 0.3) is 17.4 Å². The van der Waals surface area contributed by atoms with E-state index in [1.807, 2.05) is 0 Å². The number of esters is 1. The predicted molar refractivity (Wildman–Crippen MR) is 295 cm³/mol. The van der Waals surface area contributed by atoms with Crippen molar-refractivity contribution in [1.82, 2.24) is 46.4 Å². The Morgan fingerprint density at radius 1 is 0.871 bits per heavy atom. The molecule has 0 radical (unpaired) electrons. The first-order chi connectivity index (χ1) is 40.3. The summed E-state index contributed by atoms with van der Waals surface area (Å²) >= 11 is 0. The van der Waals surface area contributed by atoms with Crippen LogP contribution in [0.15, 0.2) is 29.1 Å². The number of unbranched alkanes of at least 4 members (excludes halogenated alkanes) is 2. The summed E-state index contributed by atoms with van der Waals surface area (Å²) in [4.78, 5) is 149. The number of benzene rings is 1. The summed E-state index contributed by atoms with van der Waals surface area (Å²) in [6, 6.07) is -1.69. The lowest BCUT2D eigenvalue weighted by Crippen LogP contribution is -2.58. The molecule has 28 heteroatoms. The molecular formula is C57H71FN10O17. The van der Waals surface area contributed by atoms with Gasteiger partial charge in [0, 0.05) is 60.7 Å². The van der Waals surface area contributed by atoms with E-state index in [0.717, 1.165) is 4.90 Å². The van der Waals surface area contributed by atoms with Crippen LogP contribution in [0.25, 0.3) is 22.3 Å². The molecule has 4 aliphatic heterocycles. The Balaban J connectivity index is 0.852. The maximum absolute atomic E-state index is 15.4. The molecule has 8 rings (SSSR count). The second-order valence-electron chi connectivity index (χ2n) is 22.3. The average molecular weight is 1190 g/mol. The van der Waals surface area contributed by atoms with Crippen LogP contribution in [-0.4, -0.2) is 158 Å². The van der Waals surface area contributed by atoms with E-state index in [1.165, 1.54) is 29.7 Å². The Bertz CT molecular complexity index is 3300. The van der Waals surface area contributed by atoms with Crippen LogP contribution in [0.2, 0.25) is 0 Å². The molecular weight excluding hydrogens is 1120 g/mol. The molecule has 9 atom stereocenters. The number of hydrogen-bond acceptors (Lipinski definition) is 18. The number of carbonyl (C=O) groups is 10.